The lowest BCUT2D eigenvalue weighted by Gasteiger charge is -2.18. The number of nitrogens with one attached hydrogen (secondary N) is 3. The van der Waals surface area contributed by atoms with Crippen molar-refractivity contribution in [2.45, 2.75) is 72.0 Å². The highest BCUT2D eigenvalue weighted by Crippen LogP contribution is 2.18. The van der Waals surface area contributed by atoms with Crippen molar-refractivity contribution < 1.29 is 9.53 Å². The van der Waals surface area contributed by atoms with E-state index in [4.69, 9.17) is 9.73 Å². The van der Waals surface area contributed by atoms with Crippen LogP contribution in [-0.2, 0) is 11.3 Å². The summed E-state index contributed by atoms with van der Waals surface area (Å²) in [6.45, 7) is 10.2. The first kappa shape index (κ1) is 22.1. The largest absolute Gasteiger partial charge is 0.484 e. The van der Waals surface area contributed by atoms with Crippen LogP contribution in [0.2, 0.25) is 0 Å². The molecule has 28 heavy (non-hydrogen) atoms. The second kappa shape index (κ2) is 11.6. The molecule has 0 aromatic heterocycles. The number of rotatable bonds is 11. The molecule has 1 unspecified atom stereocenters. The fraction of sp³-hybridized carbons (Fsp3) is 0.636. The van der Waals surface area contributed by atoms with Crippen LogP contribution >= 0.6 is 0 Å². The van der Waals surface area contributed by atoms with Crippen molar-refractivity contribution in [2.24, 2.45) is 10.9 Å². The summed E-state index contributed by atoms with van der Waals surface area (Å²) >= 11 is 0. The third-order valence-electron chi connectivity index (χ3n) is 4.53. The molecule has 1 atom stereocenters. The Kier molecular flexibility index (Phi) is 9.11. The summed E-state index contributed by atoms with van der Waals surface area (Å²) in [6, 6.07) is 8.50. The van der Waals surface area contributed by atoms with E-state index in [1.54, 1.807) is 0 Å². The van der Waals surface area contributed by atoms with Gasteiger partial charge in [-0.2, -0.15) is 0 Å². The second-order valence-corrected chi connectivity index (χ2v) is 7.99. The molecule has 0 bridgehead atoms. The van der Waals surface area contributed by atoms with Crippen molar-refractivity contribution in [1.82, 2.24) is 16.0 Å². The minimum absolute atomic E-state index is 0.0556. The van der Waals surface area contributed by atoms with Gasteiger partial charge in [-0.1, -0.05) is 26.0 Å². The van der Waals surface area contributed by atoms with E-state index in [-0.39, 0.29) is 12.5 Å². The number of guanidine groups is 1. The van der Waals surface area contributed by atoms with E-state index < -0.39 is 0 Å². The van der Waals surface area contributed by atoms with E-state index in [0.717, 1.165) is 37.3 Å². The maximum atomic E-state index is 11.8. The average molecular weight is 389 g/mol. The maximum absolute atomic E-state index is 11.8. The highest BCUT2D eigenvalue weighted by molar-refractivity contribution is 5.80. The van der Waals surface area contributed by atoms with Gasteiger partial charge in [-0.3, -0.25) is 4.79 Å². The van der Waals surface area contributed by atoms with Gasteiger partial charge in [0.15, 0.2) is 12.6 Å². The smallest absolute Gasteiger partial charge is 0.258 e. The highest BCUT2D eigenvalue weighted by Gasteiger charge is 2.23. The molecule has 6 nitrogen and oxygen atoms in total. The van der Waals surface area contributed by atoms with Gasteiger partial charge in [0.2, 0.25) is 0 Å². The number of carbonyl (C=O) groups excluding carboxylic acids is 1. The number of nitrogens with zero attached hydrogens (tertiary/aromatic N) is 1. The van der Waals surface area contributed by atoms with Crippen molar-refractivity contribution >= 4 is 11.9 Å². The lowest BCUT2D eigenvalue weighted by Crippen LogP contribution is -2.42. The number of carbonyl (C=O) groups is 1. The average Bonchev–Trinajstić information content (AvgIpc) is 3.47. The third kappa shape index (κ3) is 9.11. The molecule has 1 fully saturated rings. The van der Waals surface area contributed by atoms with Crippen molar-refractivity contribution in [3.8, 4) is 5.75 Å². The van der Waals surface area contributed by atoms with Gasteiger partial charge in [0, 0.05) is 18.6 Å². The molecule has 156 valence electrons. The van der Waals surface area contributed by atoms with Crippen LogP contribution in [0.4, 0.5) is 0 Å². The fourth-order valence-electron chi connectivity index (χ4n) is 2.76. The molecule has 0 heterocycles. The molecule has 1 saturated carbocycles. The highest BCUT2D eigenvalue weighted by atomic mass is 16.5. The lowest BCUT2D eigenvalue weighted by atomic mass is 10.0. The van der Waals surface area contributed by atoms with Crippen LogP contribution in [0.1, 0.15) is 58.9 Å². The molecular weight excluding hydrogens is 352 g/mol. The molecule has 0 spiro atoms. The summed E-state index contributed by atoms with van der Waals surface area (Å²) in [5.74, 6) is 2.17. The van der Waals surface area contributed by atoms with Crippen molar-refractivity contribution in [2.75, 3.05) is 13.2 Å². The van der Waals surface area contributed by atoms with Gasteiger partial charge < -0.3 is 20.7 Å². The van der Waals surface area contributed by atoms with Gasteiger partial charge in [-0.15, -0.1) is 0 Å². The van der Waals surface area contributed by atoms with E-state index in [2.05, 4.69) is 43.6 Å². The van der Waals surface area contributed by atoms with Crippen LogP contribution in [-0.4, -0.2) is 37.1 Å². The van der Waals surface area contributed by atoms with E-state index in [0.29, 0.717) is 30.3 Å². The van der Waals surface area contributed by atoms with Crippen LogP contribution in [0, 0.1) is 5.92 Å². The lowest BCUT2D eigenvalue weighted by molar-refractivity contribution is -0.123. The topological polar surface area (TPSA) is 74.8 Å². The number of benzene rings is 1. The minimum atomic E-state index is -0.0556. The predicted octanol–water partition coefficient (Wildman–Crippen LogP) is 3.22. The molecule has 1 aliphatic carbocycles. The molecule has 2 rings (SSSR count). The van der Waals surface area contributed by atoms with Crippen LogP contribution in [0.3, 0.4) is 0 Å². The minimum Gasteiger partial charge on any atom is -0.484 e. The summed E-state index contributed by atoms with van der Waals surface area (Å²) in [5, 5.41) is 9.71. The molecule has 0 radical (unpaired) electrons. The summed E-state index contributed by atoms with van der Waals surface area (Å²) < 4.78 is 5.62. The van der Waals surface area contributed by atoms with Crippen molar-refractivity contribution in [3.63, 3.8) is 0 Å². The summed E-state index contributed by atoms with van der Waals surface area (Å²) in [7, 11) is 0. The van der Waals surface area contributed by atoms with Gasteiger partial charge in [0.1, 0.15) is 5.75 Å². The summed E-state index contributed by atoms with van der Waals surface area (Å²) in [6.07, 6.45) is 4.48. The number of hydrogen-bond donors (Lipinski definition) is 3. The van der Waals surface area contributed by atoms with Gasteiger partial charge >= 0.3 is 0 Å². The number of aliphatic imine (C=N–C) groups is 1. The third-order valence-corrected chi connectivity index (χ3v) is 4.53. The Balaban J connectivity index is 1.85. The maximum Gasteiger partial charge on any atom is 0.258 e. The van der Waals surface area contributed by atoms with Crippen LogP contribution < -0.4 is 20.7 Å². The van der Waals surface area contributed by atoms with Gasteiger partial charge in [-0.05, 0) is 63.1 Å². The Morgan fingerprint density at radius 3 is 2.71 bits per heavy atom. The van der Waals surface area contributed by atoms with Crippen molar-refractivity contribution in [3.05, 3.63) is 29.8 Å². The Bertz CT molecular complexity index is 641. The van der Waals surface area contributed by atoms with E-state index in [1.807, 2.05) is 24.3 Å². The molecule has 0 saturated heterocycles. The number of amides is 1. The molecule has 0 aliphatic heterocycles. The molecule has 6 heteroatoms. The molecule has 1 aliphatic rings. The monoisotopic (exact) mass is 388 g/mol. The Morgan fingerprint density at radius 1 is 1.25 bits per heavy atom. The summed E-state index contributed by atoms with van der Waals surface area (Å²) in [5.41, 5.74) is 1.05. The van der Waals surface area contributed by atoms with Crippen LogP contribution in [0.5, 0.6) is 5.75 Å². The molecule has 1 amide bonds. The Hall–Kier alpha value is -2.24. The molecule has 1 aromatic rings. The standard InChI is InChI=1S/C22H36N4O2/c1-5-23-22(25-17(4)10-9-16(2)3)24-14-18-7-6-8-20(13-18)28-15-21(27)26-19-11-12-19/h6-8,13,16-17,19H,5,9-12,14-15H2,1-4H3,(H,26,27)(H2,23,24,25). The van der Waals surface area contributed by atoms with E-state index in [1.165, 1.54) is 6.42 Å². The van der Waals surface area contributed by atoms with Crippen LogP contribution in [0.25, 0.3) is 0 Å². The fourth-order valence-corrected chi connectivity index (χ4v) is 2.76. The first-order chi connectivity index (χ1) is 13.5. The predicted molar refractivity (Wildman–Crippen MR) is 115 cm³/mol. The molecule has 1 aromatic carbocycles. The zero-order valence-electron chi connectivity index (χ0n) is 17.8. The second-order valence-electron chi connectivity index (χ2n) is 7.99. The first-order valence-corrected chi connectivity index (χ1v) is 10.5. The number of hydrogen-bond acceptors (Lipinski definition) is 3. The number of ether oxygens (including phenoxy) is 1. The van der Waals surface area contributed by atoms with Gasteiger partial charge in [0.25, 0.3) is 5.91 Å². The Labute approximate surface area is 169 Å². The zero-order valence-corrected chi connectivity index (χ0v) is 17.8. The quantitative estimate of drug-likeness (QED) is 0.402. The normalized spacial score (nSPS) is 15.2. The molecule has 3 N–H and O–H groups in total. The first-order valence-electron chi connectivity index (χ1n) is 10.5. The zero-order chi connectivity index (χ0) is 20.4. The van der Waals surface area contributed by atoms with E-state index >= 15 is 0 Å². The Morgan fingerprint density at radius 2 is 2.04 bits per heavy atom. The van der Waals surface area contributed by atoms with Crippen molar-refractivity contribution in [1.29, 1.82) is 0 Å². The van der Waals surface area contributed by atoms with E-state index in [9.17, 15) is 4.79 Å². The SMILES string of the molecule is CCNC(=NCc1cccc(OCC(=O)NC2CC2)c1)NC(C)CCC(C)C. The van der Waals surface area contributed by atoms with Crippen LogP contribution in [0.15, 0.2) is 29.3 Å². The van der Waals surface area contributed by atoms with Gasteiger partial charge in [-0.25, -0.2) is 4.99 Å². The summed E-state index contributed by atoms with van der Waals surface area (Å²) in [4.78, 5) is 16.5. The molecular formula is C22H36N4O2. The van der Waals surface area contributed by atoms with Gasteiger partial charge in [0.05, 0.1) is 6.54 Å².